The van der Waals surface area contributed by atoms with Crippen LogP contribution < -0.4 is 10.7 Å². The average molecular weight is 331 g/mol. The number of carbonyl (C=O) groups excluding carboxylic acids is 3. The fourth-order valence-corrected chi connectivity index (χ4v) is 2.41. The summed E-state index contributed by atoms with van der Waals surface area (Å²) in [6.45, 7) is 3.63. The van der Waals surface area contributed by atoms with E-state index in [-0.39, 0.29) is 24.5 Å². The largest absolute Gasteiger partial charge is 0.451 e. The number of amides is 2. The SMILES string of the molecule is CCc1cccc(CC)c1NC(=O)COC(=O)C1=NNC(=O)CC1. The molecule has 0 radical (unpaired) electrons. The van der Waals surface area contributed by atoms with Gasteiger partial charge in [-0.05, 0) is 24.0 Å². The van der Waals surface area contributed by atoms with Crippen LogP contribution in [0.2, 0.25) is 0 Å². The van der Waals surface area contributed by atoms with Crippen molar-refractivity contribution in [2.75, 3.05) is 11.9 Å². The van der Waals surface area contributed by atoms with Crippen molar-refractivity contribution in [2.45, 2.75) is 39.5 Å². The van der Waals surface area contributed by atoms with Crippen LogP contribution in [0, 0.1) is 0 Å². The van der Waals surface area contributed by atoms with Crippen LogP contribution in [0.5, 0.6) is 0 Å². The van der Waals surface area contributed by atoms with E-state index in [4.69, 9.17) is 4.74 Å². The summed E-state index contributed by atoms with van der Waals surface area (Å²) in [6.07, 6.45) is 1.98. The minimum absolute atomic E-state index is 0.116. The Balaban J connectivity index is 1.94. The van der Waals surface area contributed by atoms with Crippen molar-refractivity contribution in [3.8, 4) is 0 Å². The lowest BCUT2D eigenvalue weighted by Crippen LogP contribution is -2.32. The fraction of sp³-hybridized carbons (Fsp3) is 0.412. The first-order valence-corrected chi connectivity index (χ1v) is 7.98. The van der Waals surface area contributed by atoms with Gasteiger partial charge in [0.05, 0.1) is 0 Å². The third-order valence-corrected chi connectivity index (χ3v) is 3.74. The lowest BCUT2D eigenvalue weighted by Gasteiger charge is -2.15. The Morgan fingerprint density at radius 3 is 2.42 bits per heavy atom. The summed E-state index contributed by atoms with van der Waals surface area (Å²) in [4.78, 5) is 34.9. The molecule has 1 aromatic carbocycles. The van der Waals surface area contributed by atoms with Crippen molar-refractivity contribution in [3.63, 3.8) is 0 Å². The molecule has 0 bridgehead atoms. The Morgan fingerprint density at radius 1 is 1.21 bits per heavy atom. The van der Waals surface area contributed by atoms with Crippen molar-refractivity contribution < 1.29 is 19.1 Å². The monoisotopic (exact) mass is 331 g/mol. The first-order valence-electron chi connectivity index (χ1n) is 7.98. The Morgan fingerprint density at radius 2 is 1.88 bits per heavy atom. The summed E-state index contributed by atoms with van der Waals surface area (Å²) in [6, 6.07) is 5.88. The number of aryl methyl sites for hydroxylation is 2. The molecule has 0 saturated carbocycles. The molecule has 0 aromatic heterocycles. The maximum atomic E-state index is 12.1. The molecule has 24 heavy (non-hydrogen) atoms. The van der Waals surface area contributed by atoms with Gasteiger partial charge in [-0.3, -0.25) is 9.59 Å². The molecule has 1 aliphatic heterocycles. The van der Waals surface area contributed by atoms with Gasteiger partial charge < -0.3 is 10.1 Å². The van der Waals surface area contributed by atoms with Crippen LogP contribution in [0.25, 0.3) is 0 Å². The second-order valence-electron chi connectivity index (χ2n) is 5.38. The summed E-state index contributed by atoms with van der Waals surface area (Å²) >= 11 is 0. The third kappa shape index (κ3) is 4.41. The second kappa shape index (κ2) is 8.24. The van der Waals surface area contributed by atoms with Crippen molar-refractivity contribution in [3.05, 3.63) is 29.3 Å². The molecule has 1 aromatic rings. The smallest absolute Gasteiger partial charge is 0.355 e. The Hall–Kier alpha value is -2.70. The summed E-state index contributed by atoms with van der Waals surface area (Å²) in [7, 11) is 0. The second-order valence-corrected chi connectivity index (χ2v) is 5.38. The first-order chi connectivity index (χ1) is 11.5. The molecule has 7 heteroatoms. The van der Waals surface area contributed by atoms with Gasteiger partial charge in [-0.15, -0.1) is 0 Å². The maximum Gasteiger partial charge on any atom is 0.355 e. The van der Waals surface area contributed by atoms with Crippen molar-refractivity contribution in [1.82, 2.24) is 5.43 Å². The molecular formula is C17H21N3O4. The highest BCUT2D eigenvalue weighted by Gasteiger charge is 2.20. The molecule has 2 rings (SSSR count). The third-order valence-electron chi connectivity index (χ3n) is 3.74. The van der Waals surface area contributed by atoms with Crippen LogP contribution in [-0.2, 0) is 32.0 Å². The molecule has 128 valence electrons. The molecule has 1 aliphatic rings. The highest BCUT2D eigenvalue weighted by molar-refractivity contribution is 6.37. The lowest BCUT2D eigenvalue weighted by atomic mass is 10.0. The number of nitrogens with one attached hydrogen (secondary N) is 2. The normalized spacial score (nSPS) is 13.8. The fourth-order valence-electron chi connectivity index (χ4n) is 2.41. The average Bonchev–Trinajstić information content (AvgIpc) is 2.60. The number of ether oxygens (including phenoxy) is 1. The number of carbonyl (C=O) groups is 3. The molecule has 7 nitrogen and oxygen atoms in total. The molecule has 2 amide bonds. The van der Waals surface area contributed by atoms with Gasteiger partial charge in [0, 0.05) is 18.5 Å². The van der Waals surface area contributed by atoms with E-state index in [0.717, 1.165) is 29.7 Å². The number of para-hydroxylation sites is 1. The quantitative estimate of drug-likeness (QED) is 0.773. The molecular weight excluding hydrogens is 310 g/mol. The molecule has 0 fully saturated rings. The van der Waals surface area contributed by atoms with E-state index in [9.17, 15) is 14.4 Å². The Labute approximate surface area is 140 Å². The first kappa shape index (κ1) is 17.7. The van der Waals surface area contributed by atoms with E-state index in [1.54, 1.807) is 0 Å². The zero-order valence-corrected chi connectivity index (χ0v) is 13.8. The number of anilines is 1. The summed E-state index contributed by atoms with van der Waals surface area (Å²) < 4.78 is 4.96. The number of benzene rings is 1. The summed E-state index contributed by atoms with van der Waals surface area (Å²) in [5.41, 5.74) is 5.19. The molecule has 0 unspecified atom stereocenters. The highest BCUT2D eigenvalue weighted by Crippen LogP contribution is 2.22. The van der Waals surface area contributed by atoms with E-state index >= 15 is 0 Å². The lowest BCUT2D eigenvalue weighted by molar-refractivity contribution is -0.140. The molecule has 0 saturated heterocycles. The van der Waals surface area contributed by atoms with Gasteiger partial charge in [-0.1, -0.05) is 32.0 Å². The summed E-state index contributed by atoms with van der Waals surface area (Å²) in [5, 5.41) is 6.46. The van der Waals surface area contributed by atoms with Gasteiger partial charge in [0.2, 0.25) is 5.91 Å². The van der Waals surface area contributed by atoms with Crippen LogP contribution in [0.3, 0.4) is 0 Å². The van der Waals surface area contributed by atoms with Crippen LogP contribution in [0.4, 0.5) is 5.69 Å². The summed E-state index contributed by atoms with van der Waals surface area (Å²) in [5.74, 6) is -1.34. The molecule has 0 spiro atoms. The van der Waals surface area contributed by atoms with Gasteiger partial charge in [0.25, 0.3) is 5.91 Å². The maximum absolute atomic E-state index is 12.1. The van der Waals surface area contributed by atoms with Crippen LogP contribution in [0.15, 0.2) is 23.3 Å². The predicted molar refractivity (Wildman–Crippen MR) is 89.6 cm³/mol. The number of hydrogen-bond acceptors (Lipinski definition) is 5. The predicted octanol–water partition coefficient (Wildman–Crippen LogP) is 1.56. The van der Waals surface area contributed by atoms with E-state index in [1.165, 1.54) is 0 Å². The number of esters is 1. The van der Waals surface area contributed by atoms with Gasteiger partial charge in [-0.2, -0.15) is 5.10 Å². The standard InChI is InChI=1S/C17H21N3O4/c1-3-11-6-5-7-12(4-2)16(11)18-15(22)10-24-17(23)13-8-9-14(21)20-19-13/h5-7H,3-4,8-10H2,1-2H3,(H,18,22)(H,20,21). The minimum Gasteiger partial charge on any atom is -0.451 e. The van der Waals surface area contributed by atoms with E-state index in [0.29, 0.717) is 0 Å². The Kier molecular flexibility index (Phi) is 6.06. The van der Waals surface area contributed by atoms with Gasteiger partial charge in [0.15, 0.2) is 6.61 Å². The van der Waals surface area contributed by atoms with Crippen LogP contribution >= 0.6 is 0 Å². The minimum atomic E-state index is -0.690. The number of hydrazone groups is 1. The molecule has 0 aliphatic carbocycles. The molecule has 0 atom stereocenters. The molecule has 1 heterocycles. The highest BCUT2D eigenvalue weighted by atomic mass is 16.5. The van der Waals surface area contributed by atoms with E-state index in [2.05, 4.69) is 15.8 Å². The van der Waals surface area contributed by atoms with Gasteiger partial charge in [0.1, 0.15) is 5.71 Å². The Bertz CT molecular complexity index is 660. The van der Waals surface area contributed by atoms with Gasteiger partial charge >= 0.3 is 5.97 Å². The van der Waals surface area contributed by atoms with Crippen LogP contribution in [0.1, 0.15) is 37.8 Å². The van der Waals surface area contributed by atoms with E-state index < -0.39 is 18.5 Å². The van der Waals surface area contributed by atoms with Crippen molar-refractivity contribution in [1.29, 1.82) is 0 Å². The van der Waals surface area contributed by atoms with Gasteiger partial charge in [-0.25, -0.2) is 10.2 Å². The molecule has 2 N–H and O–H groups in total. The zero-order valence-electron chi connectivity index (χ0n) is 13.8. The number of nitrogens with zero attached hydrogens (tertiary/aromatic N) is 1. The van der Waals surface area contributed by atoms with Crippen molar-refractivity contribution in [2.24, 2.45) is 5.10 Å². The van der Waals surface area contributed by atoms with Crippen molar-refractivity contribution >= 4 is 29.2 Å². The van der Waals surface area contributed by atoms with E-state index in [1.807, 2.05) is 32.0 Å². The van der Waals surface area contributed by atoms with Crippen LogP contribution in [-0.4, -0.2) is 30.1 Å². The topological polar surface area (TPSA) is 96.9 Å². The number of hydrogen-bond donors (Lipinski definition) is 2. The number of rotatable bonds is 6. The zero-order chi connectivity index (χ0) is 17.5.